The number of amides is 2. The number of nitrogens with one attached hydrogen (secondary N) is 2. The van der Waals surface area contributed by atoms with Gasteiger partial charge in [0.1, 0.15) is 6.04 Å². The van der Waals surface area contributed by atoms with Gasteiger partial charge in [0.25, 0.3) is 0 Å². The predicted octanol–water partition coefficient (Wildman–Crippen LogP) is 0.808. The zero-order valence-electron chi connectivity index (χ0n) is 12.2. The van der Waals surface area contributed by atoms with E-state index < -0.39 is 16.3 Å². The maximum Gasteiger partial charge on any atom is 0.243 e. The van der Waals surface area contributed by atoms with Gasteiger partial charge in [-0.15, -0.1) is 11.8 Å². The van der Waals surface area contributed by atoms with E-state index in [4.69, 9.17) is 0 Å². The molecule has 114 valence electrons. The van der Waals surface area contributed by atoms with E-state index in [-0.39, 0.29) is 18.4 Å². The Morgan fingerprint density at radius 1 is 1.40 bits per heavy atom. The molecule has 2 amide bonds. The highest BCUT2D eigenvalue weighted by molar-refractivity contribution is 8.01. The molecule has 1 aliphatic heterocycles. The molecule has 0 radical (unpaired) electrons. The largest absolute Gasteiger partial charge is 0.394 e. The zero-order valence-corrected chi connectivity index (χ0v) is 13.0. The first-order valence-corrected chi connectivity index (χ1v) is 8.25. The fourth-order valence-electron chi connectivity index (χ4n) is 2.77. The minimum Gasteiger partial charge on any atom is -0.394 e. The molecule has 0 bridgehead atoms. The quantitative estimate of drug-likeness (QED) is 0.721. The molecule has 1 saturated heterocycles. The third kappa shape index (κ3) is 3.28. The Kier molecular flexibility index (Phi) is 4.64. The van der Waals surface area contributed by atoms with Gasteiger partial charge in [-0.05, 0) is 26.7 Å². The maximum atomic E-state index is 12.3. The van der Waals surface area contributed by atoms with E-state index >= 15 is 0 Å². The van der Waals surface area contributed by atoms with Crippen molar-refractivity contribution in [3.63, 3.8) is 0 Å². The highest BCUT2D eigenvalue weighted by Crippen LogP contribution is 2.31. The molecule has 1 heterocycles. The van der Waals surface area contributed by atoms with Gasteiger partial charge in [0.15, 0.2) is 0 Å². The summed E-state index contributed by atoms with van der Waals surface area (Å²) in [5.41, 5.74) is -0.488. The summed E-state index contributed by atoms with van der Waals surface area (Å²) in [7, 11) is 0. The molecule has 0 aromatic carbocycles. The zero-order chi connectivity index (χ0) is 14.8. The predicted molar refractivity (Wildman–Crippen MR) is 79.5 cm³/mol. The fourth-order valence-corrected chi connectivity index (χ4v) is 3.78. The van der Waals surface area contributed by atoms with Crippen LogP contribution in [-0.4, -0.2) is 45.6 Å². The average molecular weight is 300 g/mol. The summed E-state index contributed by atoms with van der Waals surface area (Å²) in [6.45, 7) is 3.69. The van der Waals surface area contributed by atoms with Gasteiger partial charge in [-0.1, -0.05) is 19.3 Å². The molecule has 1 aliphatic carbocycles. The molecule has 1 saturated carbocycles. The molecule has 20 heavy (non-hydrogen) atoms. The van der Waals surface area contributed by atoms with Gasteiger partial charge >= 0.3 is 0 Å². The van der Waals surface area contributed by atoms with Crippen molar-refractivity contribution in [2.75, 3.05) is 12.4 Å². The molecular weight excluding hydrogens is 276 g/mol. The second-order valence-electron chi connectivity index (χ2n) is 6.34. The number of carbonyl (C=O) groups is 2. The Labute approximate surface area is 124 Å². The number of aliphatic hydroxyl groups is 1. The van der Waals surface area contributed by atoms with Crippen LogP contribution in [0.1, 0.15) is 46.0 Å². The lowest BCUT2D eigenvalue weighted by molar-refractivity contribution is -0.131. The summed E-state index contributed by atoms with van der Waals surface area (Å²) in [6.07, 6.45) is 4.84. The highest BCUT2D eigenvalue weighted by Gasteiger charge is 2.40. The minimum atomic E-state index is -0.495. The molecular formula is C14H24N2O3S. The van der Waals surface area contributed by atoms with Crippen LogP contribution < -0.4 is 10.6 Å². The SMILES string of the molecule is CC1(C)SC[C@H](C(=O)NC2(CO)CCCCC2)NC1=O. The molecule has 3 N–H and O–H groups in total. The van der Waals surface area contributed by atoms with Gasteiger partial charge in [-0.2, -0.15) is 0 Å². The Morgan fingerprint density at radius 2 is 2.05 bits per heavy atom. The van der Waals surface area contributed by atoms with E-state index in [0.29, 0.717) is 5.75 Å². The van der Waals surface area contributed by atoms with E-state index in [2.05, 4.69) is 10.6 Å². The molecule has 0 spiro atoms. The Bertz CT molecular complexity index is 392. The lowest BCUT2D eigenvalue weighted by Crippen LogP contribution is -2.62. The van der Waals surface area contributed by atoms with Crippen molar-refractivity contribution in [3.8, 4) is 0 Å². The van der Waals surface area contributed by atoms with E-state index in [9.17, 15) is 14.7 Å². The van der Waals surface area contributed by atoms with Crippen LogP contribution in [-0.2, 0) is 9.59 Å². The van der Waals surface area contributed by atoms with Gasteiger partial charge < -0.3 is 15.7 Å². The number of carbonyl (C=O) groups excluding carboxylic acids is 2. The maximum absolute atomic E-state index is 12.3. The number of hydrogen-bond donors (Lipinski definition) is 3. The second-order valence-corrected chi connectivity index (χ2v) is 7.98. The van der Waals surface area contributed by atoms with Crippen LogP contribution in [0, 0.1) is 0 Å². The molecule has 6 heteroatoms. The first-order chi connectivity index (χ1) is 9.38. The van der Waals surface area contributed by atoms with Crippen LogP contribution >= 0.6 is 11.8 Å². The van der Waals surface area contributed by atoms with E-state index in [1.165, 1.54) is 11.8 Å². The summed E-state index contributed by atoms with van der Waals surface area (Å²) >= 11 is 1.50. The molecule has 0 aromatic rings. The van der Waals surface area contributed by atoms with Crippen molar-refractivity contribution in [1.82, 2.24) is 10.6 Å². The third-order valence-corrected chi connectivity index (χ3v) is 5.69. The van der Waals surface area contributed by atoms with Crippen LogP contribution in [0.25, 0.3) is 0 Å². The number of rotatable bonds is 3. The van der Waals surface area contributed by atoms with Crippen molar-refractivity contribution in [3.05, 3.63) is 0 Å². The van der Waals surface area contributed by atoms with Gasteiger partial charge in [0, 0.05) is 5.75 Å². The molecule has 2 aliphatic rings. The van der Waals surface area contributed by atoms with Gasteiger partial charge in [0.2, 0.25) is 11.8 Å². The van der Waals surface area contributed by atoms with Crippen molar-refractivity contribution in [1.29, 1.82) is 0 Å². The fraction of sp³-hybridized carbons (Fsp3) is 0.857. The normalized spacial score (nSPS) is 28.6. The van der Waals surface area contributed by atoms with Crippen LogP contribution in [0.2, 0.25) is 0 Å². The smallest absolute Gasteiger partial charge is 0.243 e. The van der Waals surface area contributed by atoms with Crippen molar-refractivity contribution < 1.29 is 14.7 Å². The van der Waals surface area contributed by atoms with Crippen molar-refractivity contribution in [2.45, 2.75) is 62.3 Å². The van der Waals surface area contributed by atoms with Crippen LogP contribution in [0.5, 0.6) is 0 Å². The Balaban J connectivity index is 1.96. The minimum absolute atomic E-state index is 0.0297. The summed E-state index contributed by atoms with van der Waals surface area (Å²) < 4.78 is -0.476. The van der Waals surface area contributed by atoms with Gasteiger partial charge in [-0.25, -0.2) is 0 Å². The van der Waals surface area contributed by atoms with Crippen LogP contribution in [0.4, 0.5) is 0 Å². The summed E-state index contributed by atoms with van der Waals surface area (Å²) in [4.78, 5) is 24.2. The second kappa shape index (κ2) is 5.93. The van der Waals surface area contributed by atoms with Crippen molar-refractivity contribution >= 4 is 23.6 Å². The first kappa shape index (κ1) is 15.6. The lowest BCUT2D eigenvalue weighted by atomic mass is 9.82. The van der Waals surface area contributed by atoms with E-state index in [1.54, 1.807) is 0 Å². The summed E-state index contributed by atoms with van der Waals surface area (Å²) in [5.74, 6) is 0.305. The number of hydrogen-bond acceptors (Lipinski definition) is 4. The highest BCUT2D eigenvalue weighted by atomic mass is 32.2. The molecule has 0 aromatic heterocycles. The van der Waals surface area contributed by atoms with Crippen molar-refractivity contribution in [2.24, 2.45) is 0 Å². The Hall–Kier alpha value is -0.750. The average Bonchev–Trinajstić information content (AvgIpc) is 2.43. The topological polar surface area (TPSA) is 78.4 Å². The molecule has 2 fully saturated rings. The summed E-state index contributed by atoms with van der Waals surface area (Å²) in [5, 5.41) is 15.4. The molecule has 2 rings (SSSR count). The summed E-state index contributed by atoms with van der Waals surface area (Å²) in [6, 6.07) is -0.495. The standard InChI is InChI=1S/C14H24N2O3S/c1-13(2)12(19)15-10(8-20-13)11(18)16-14(9-17)6-4-3-5-7-14/h10,17H,3-9H2,1-2H3,(H,15,19)(H,16,18)/t10-/m1/s1. The van der Waals surface area contributed by atoms with E-state index in [0.717, 1.165) is 32.1 Å². The Morgan fingerprint density at radius 3 is 2.60 bits per heavy atom. The lowest BCUT2D eigenvalue weighted by Gasteiger charge is -2.39. The number of aliphatic hydroxyl groups excluding tert-OH is 1. The molecule has 0 unspecified atom stereocenters. The molecule has 1 atom stereocenters. The monoisotopic (exact) mass is 300 g/mol. The van der Waals surface area contributed by atoms with Crippen LogP contribution in [0.15, 0.2) is 0 Å². The first-order valence-electron chi connectivity index (χ1n) is 7.26. The van der Waals surface area contributed by atoms with Crippen LogP contribution in [0.3, 0.4) is 0 Å². The molecule has 5 nitrogen and oxygen atoms in total. The van der Waals surface area contributed by atoms with Gasteiger partial charge in [-0.3, -0.25) is 9.59 Å². The number of thioether (sulfide) groups is 1. The van der Waals surface area contributed by atoms with Gasteiger partial charge in [0.05, 0.1) is 16.9 Å². The third-order valence-electron chi connectivity index (χ3n) is 4.28. The van der Waals surface area contributed by atoms with E-state index in [1.807, 2.05) is 13.8 Å².